The average molecular weight is 489 g/mol. The van der Waals surface area contributed by atoms with Gasteiger partial charge in [-0.3, -0.25) is 9.69 Å². The summed E-state index contributed by atoms with van der Waals surface area (Å²) < 4.78 is 10.5. The maximum atomic E-state index is 12.5. The first kappa shape index (κ1) is 27.5. The quantitative estimate of drug-likeness (QED) is 0.432. The standard InChI is InChI=1S/C23H30N2O4.C2H2O4/c1-16-4-6-17(7-5-16)14-24-23(27)19-8-10-25(11-9-19)15-18-12-20(28-2)22(26)21(13-18)29-3;3-1(4)2(5)6/h4-7,12-13,19,26H,8-11,14-15H2,1-3H3,(H,24,27);(H,3,4)(H,5,6). The van der Waals surface area contributed by atoms with Crippen LogP contribution in [0.1, 0.15) is 29.5 Å². The number of rotatable bonds is 7. The number of nitrogens with zero attached hydrogens (tertiary/aromatic N) is 1. The molecule has 0 aliphatic carbocycles. The van der Waals surface area contributed by atoms with E-state index in [-0.39, 0.29) is 17.6 Å². The Balaban J connectivity index is 0.000000641. The summed E-state index contributed by atoms with van der Waals surface area (Å²) >= 11 is 0. The number of carboxylic acids is 2. The molecule has 1 amide bonds. The lowest BCUT2D eigenvalue weighted by molar-refractivity contribution is -0.159. The topological polar surface area (TPSA) is 146 Å². The third-order valence-corrected chi connectivity index (χ3v) is 5.67. The van der Waals surface area contributed by atoms with Gasteiger partial charge < -0.3 is 30.1 Å². The molecule has 0 unspecified atom stereocenters. The molecule has 10 heteroatoms. The normalized spacial score (nSPS) is 13.8. The van der Waals surface area contributed by atoms with Gasteiger partial charge in [-0.15, -0.1) is 0 Å². The zero-order valence-electron chi connectivity index (χ0n) is 20.1. The van der Waals surface area contributed by atoms with E-state index in [1.165, 1.54) is 19.8 Å². The van der Waals surface area contributed by atoms with Crippen LogP contribution in [0.15, 0.2) is 36.4 Å². The van der Waals surface area contributed by atoms with Gasteiger partial charge in [0.25, 0.3) is 0 Å². The minimum Gasteiger partial charge on any atom is -0.502 e. The molecule has 0 radical (unpaired) electrons. The number of nitrogens with one attached hydrogen (secondary N) is 1. The van der Waals surface area contributed by atoms with Gasteiger partial charge in [0.05, 0.1) is 14.2 Å². The lowest BCUT2D eigenvalue weighted by Crippen LogP contribution is -2.40. The van der Waals surface area contributed by atoms with Crippen molar-refractivity contribution < 1.29 is 39.2 Å². The fraction of sp³-hybridized carbons (Fsp3) is 0.400. The number of ether oxygens (including phenoxy) is 2. The smallest absolute Gasteiger partial charge is 0.414 e. The van der Waals surface area contributed by atoms with Crippen LogP contribution in [0.3, 0.4) is 0 Å². The fourth-order valence-electron chi connectivity index (χ4n) is 3.69. The molecule has 1 heterocycles. The molecule has 2 aromatic rings. The molecule has 3 rings (SSSR count). The molecule has 190 valence electrons. The summed E-state index contributed by atoms with van der Waals surface area (Å²) in [6, 6.07) is 11.9. The summed E-state index contributed by atoms with van der Waals surface area (Å²) in [5.74, 6) is -2.62. The monoisotopic (exact) mass is 488 g/mol. The van der Waals surface area contributed by atoms with Crippen LogP contribution in [0.4, 0.5) is 0 Å². The van der Waals surface area contributed by atoms with Crippen LogP contribution in [0, 0.1) is 12.8 Å². The summed E-state index contributed by atoms with van der Waals surface area (Å²) in [7, 11) is 3.05. The molecule has 0 atom stereocenters. The first-order chi connectivity index (χ1) is 16.6. The number of hydrogen-bond donors (Lipinski definition) is 4. The van der Waals surface area contributed by atoms with Crippen molar-refractivity contribution in [2.45, 2.75) is 32.9 Å². The number of phenols is 1. The highest BCUT2D eigenvalue weighted by atomic mass is 16.5. The molecule has 0 aromatic heterocycles. The Morgan fingerprint density at radius 3 is 1.91 bits per heavy atom. The van der Waals surface area contributed by atoms with Crippen molar-refractivity contribution in [3.05, 3.63) is 53.1 Å². The number of piperidine rings is 1. The number of aromatic hydroxyl groups is 1. The number of carbonyl (C=O) groups excluding carboxylic acids is 1. The first-order valence-corrected chi connectivity index (χ1v) is 11.1. The number of methoxy groups -OCH3 is 2. The van der Waals surface area contributed by atoms with Crippen LogP contribution in [0.5, 0.6) is 17.2 Å². The van der Waals surface area contributed by atoms with E-state index in [2.05, 4.69) is 41.4 Å². The molecule has 0 bridgehead atoms. The van der Waals surface area contributed by atoms with Crippen molar-refractivity contribution in [3.63, 3.8) is 0 Å². The van der Waals surface area contributed by atoms with Crippen molar-refractivity contribution in [1.82, 2.24) is 10.2 Å². The van der Waals surface area contributed by atoms with Crippen LogP contribution >= 0.6 is 0 Å². The average Bonchev–Trinajstić information content (AvgIpc) is 2.85. The van der Waals surface area contributed by atoms with Gasteiger partial charge in [-0.2, -0.15) is 0 Å². The lowest BCUT2D eigenvalue weighted by atomic mass is 9.95. The molecular formula is C25H32N2O8. The lowest BCUT2D eigenvalue weighted by Gasteiger charge is -2.31. The second-order valence-corrected chi connectivity index (χ2v) is 8.21. The van der Waals surface area contributed by atoms with Crippen LogP contribution < -0.4 is 14.8 Å². The van der Waals surface area contributed by atoms with E-state index in [1.54, 1.807) is 0 Å². The minimum absolute atomic E-state index is 0.0164. The third kappa shape index (κ3) is 8.49. The van der Waals surface area contributed by atoms with Gasteiger partial charge in [0, 0.05) is 19.0 Å². The van der Waals surface area contributed by atoms with Gasteiger partial charge in [0.15, 0.2) is 11.5 Å². The zero-order chi connectivity index (χ0) is 26.0. The Kier molecular flexibility index (Phi) is 10.3. The van der Waals surface area contributed by atoms with Crippen molar-refractivity contribution in [2.24, 2.45) is 5.92 Å². The zero-order valence-corrected chi connectivity index (χ0v) is 20.1. The molecule has 0 saturated carbocycles. The van der Waals surface area contributed by atoms with Gasteiger partial charge in [-0.05, 0) is 56.1 Å². The van der Waals surface area contributed by atoms with Gasteiger partial charge in [-0.25, -0.2) is 9.59 Å². The van der Waals surface area contributed by atoms with E-state index in [4.69, 9.17) is 29.3 Å². The summed E-state index contributed by atoms with van der Waals surface area (Å²) in [5.41, 5.74) is 3.35. The third-order valence-electron chi connectivity index (χ3n) is 5.67. The van der Waals surface area contributed by atoms with Crippen molar-refractivity contribution in [3.8, 4) is 17.2 Å². The SMILES string of the molecule is COc1cc(CN2CCC(C(=O)NCc3ccc(C)cc3)CC2)cc(OC)c1O.O=C(O)C(=O)O. The van der Waals surface area contributed by atoms with E-state index < -0.39 is 11.9 Å². The largest absolute Gasteiger partial charge is 0.502 e. The summed E-state index contributed by atoms with van der Waals surface area (Å²) in [6.07, 6.45) is 1.68. The Labute approximate surface area is 204 Å². The molecule has 35 heavy (non-hydrogen) atoms. The second-order valence-electron chi connectivity index (χ2n) is 8.21. The molecule has 1 fully saturated rings. The summed E-state index contributed by atoms with van der Waals surface area (Å²) in [4.78, 5) is 33.0. The number of likely N-dealkylation sites (tertiary alicyclic amines) is 1. The van der Waals surface area contributed by atoms with Gasteiger partial charge >= 0.3 is 11.9 Å². The van der Waals surface area contributed by atoms with Crippen LogP contribution in [0.25, 0.3) is 0 Å². The molecule has 0 spiro atoms. The Morgan fingerprint density at radius 2 is 1.46 bits per heavy atom. The molecule has 1 aliphatic rings. The molecule has 10 nitrogen and oxygen atoms in total. The highest BCUT2D eigenvalue weighted by molar-refractivity contribution is 6.27. The van der Waals surface area contributed by atoms with Gasteiger partial charge in [0.1, 0.15) is 0 Å². The van der Waals surface area contributed by atoms with E-state index in [0.717, 1.165) is 43.6 Å². The van der Waals surface area contributed by atoms with Crippen molar-refractivity contribution in [1.29, 1.82) is 0 Å². The van der Waals surface area contributed by atoms with E-state index in [1.807, 2.05) is 12.1 Å². The number of benzene rings is 2. The molecule has 4 N–H and O–H groups in total. The maximum absolute atomic E-state index is 12.5. The van der Waals surface area contributed by atoms with Crippen LogP contribution in [0.2, 0.25) is 0 Å². The summed E-state index contributed by atoms with van der Waals surface area (Å²) in [5, 5.41) is 27.9. The predicted octanol–water partition coefficient (Wildman–Crippen LogP) is 2.40. The highest BCUT2D eigenvalue weighted by Crippen LogP contribution is 2.37. The van der Waals surface area contributed by atoms with Crippen LogP contribution in [-0.2, 0) is 27.5 Å². The van der Waals surface area contributed by atoms with Gasteiger partial charge in [0.2, 0.25) is 11.7 Å². The first-order valence-electron chi connectivity index (χ1n) is 11.1. The Bertz CT molecular complexity index is 978. The van der Waals surface area contributed by atoms with Crippen LogP contribution in [-0.4, -0.2) is 65.4 Å². The fourth-order valence-corrected chi connectivity index (χ4v) is 3.69. The molecule has 1 aliphatic heterocycles. The van der Waals surface area contributed by atoms with Gasteiger partial charge in [-0.1, -0.05) is 29.8 Å². The number of aryl methyl sites for hydroxylation is 1. The highest BCUT2D eigenvalue weighted by Gasteiger charge is 2.25. The summed E-state index contributed by atoms with van der Waals surface area (Å²) in [6.45, 7) is 5.07. The number of carbonyl (C=O) groups is 3. The second kappa shape index (κ2) is 13.2. The van der Waals surface area contributed by atoms with Crippen molar-refractivity contribution >= 4 is 17.8 Å². The number of hydrogen-bond acceptors (Lipinski definition) is 7. The van der Waals surface area contributed by atoms with E-state index >= 15 is 0 Å². The molecular weight excluding hydrogens is 456 g/mol. The van der Waals surface area contributed by atoms with Crippen molar-refractivity contribution in [2.75, 3.05) is 27.3 Å². The number of phenolic OH excluding ortho intramolecular Hbond substituents is 1. The van der Waals surface area contributed by atoms with E-state index in [0.29, 0.717) is 18.0 Å². The van der Waals surface area contributed by atoms with E-state index in [9.17, 15) is 9.90 Å². The Hall–Kier alpha value is -3.79. The number of amides is 1. The minimum atomic E-state index is -1.82. The number of carboxylic acid groups (broad SMARTS) is 2. The molecule has 2 aromatic carbocycles. The maximum Gasteiger partial charge on any atom is 0.414 e. The predicted molar refractivity (Wildman–Crippen MR) is 128 cm³/mol. The molecule has 1 saturated heterocycles. The Morgan fingerprint density at radius 1 is 0.943 bits per heavy atom. The number of aliphatic carboxylic acids is 2.